The monoisotopic (exact) mass is 513 g/mol. The number of rotatable bonds is 8. The number of benzene rings is 1. The van der Waals surface area contributed by atoms with Crippen LogP contribution in [-0.4, -0.2) is 72.1 Å². The predicted octanol–water partition coefficient (Wildman–Crippen LogP) is 2.39. The summed E-state index contributed by atoms with van der Waals surface area (Å²) in [4.78, 5) is 30.0. The Labute approximate surface area is 213 Å². The number of aromatic nitrogens is 1. The fourth-order valence-electron chi connectivity index (χ4n) is 5.80. The van der Waals surface area contributed by atoms with E-state index in [0.29, 0.717) is 25.1 Å². The quantitative estimate of drug-likeness (QED) is 0.582. The van der Waals surface area contributed by atoms with E-state index in [4.69, 9.17) is 0 Å². The van der Waals surface area contributed by atoms with Gasteiger partial charge in [0.25, 0.3) is 0 Å². The van der Waals surface area contributed by atoms with E-state index in [1.54, 1.807) is 4.90 Å². The Kier molecular flexibility index (Phi) is 7.71. The molecule has 10 heteroatoms. The zero-order chi connectivity index (χ0) is 26.0. The molecule has 2 saturated heterocycles. The molecule has 36 heavy (non-hydrogen) atoms. The summed E-state index contributed by atoms with van der Waals surface area (Å²) in [6.45, 7) is 5.57. The summed E-state index contributed by atoms with van der Waals surface area (Å²) in [5, 5.41) is 10.4. The van der Waals surface area contributed by atoms with Gasteiger partial charge in [0.2, 0.25) is 21.8 Å². The molecule has 1 aromatic heterocycles. The molecule has 2 aromatic rings. The molecule has 2 amide bonds. The van der Waals surface area contributed by atoms with Crippen LogP contribution in [0, 0.1) is 11.3 Å². The zero-order valence-corrected chi connectivity index (χ0v) is 22.1. The van der Waals surface area contributed by atoms with Crippen molar-refractivity contribution in [1.82, 2.24) is 19.1 Å². The Hall–Kier alpha value is -2.90. The van der Waals surface area contributed by atoms with Crippen molar-refractivity contribution < 1.29 is 18.0 Å². The molecule has 0 spiro atoms. The standard InChI is InChI=1S/C26H35N5O4S/c1-4-29-22(16-20-10-9-19(17-27)15-24(20)29)12-11-21-7-5-13-30(21)26(33)23-8-6-14-31(23)25(32)18(2)28-36(3,34)35/h9-10,15-16,18,21,23,28H,4-8,11-14H2,1-3H3/t18-,21-,23+/m0/s1. The number of nitrogens with zero attached hydrogens (tertiary/aromatic N) is 4. The van der Waals surface area contributed by atoms with Crippen molar-refractivity contribution in [3.63, 3.8) is 0 Å². The van der Waals surface area contributed by atoms with E-state index in [9.17, 15) is 23.3 Å². The second-order valence-corrected chi connectivity index (χ2v) is 11.7. The molecule has 4 rings (SSSR count). The van der Waals surface area contributed by atoms with Crippen molar-refractivity contribution >= 4 is 32.7 Å². The van der Waals surface area contributed by atoms with Gasteiger partial charge in [0.1, 0.15) is 6.04 Å². The topological polar surface area (TPSA) is 116 Å². The SMILES string of the molecule is CCn1c(CC[C@@H]2CCCN2C(=O)[C@H]2CCCN2C(=O)[C@H](C)NS(C)(=O)=O)cc2ccc(C#N)cc21. The molecule has 3 heterocycles. The number of aryl methyl sites for hydroxylation is 2. The number of amides is 2. The van der Waals surface area contributed by atoms with Crippen molar-refractivity contribution in [1.29, 1.82) is 5.26 Å². The fraction of sp³-hybridized carbons (Fsp3) is 0.577. The Morgan fingerprint density at radius 3 is 2.58 bits per heavy atom. The molecule has 1 N–H and O–H groups in total. The van der Waals surface area contributed by atoms with Crippen LogP contribution in [0.1, 0.15) is 57.2 Å². The third-order valence-corrected chi connectivity index (χ3v) is 8.19. The molecule has 2 aliphatic heterocycles. The van der Waals surface area contributed by atoms with E-state index in [2.05, 4.69) is 28.3 Å². The van der Waals surface area contributed by atoms with Gasteiger partial charge in [0, 0.05) is 36.9 Å². The first-order valence-electron chi connectivity index (χ1n) is 12.7. The Morgan fingerprint density at radius 1 is 1.17 bits per heavy atom. The Bertz CT molecular complexity index is 1300. The summed E-state index contributed by atoms with van der Waals surface area (Å²) in [5.74, 6) is -0.374. The van der Waals surface area contributed by atoms with Crippen LogP contribution in [0.5, 0.6) is 0 Å². The van der Waals surface area contributed by atoms with Gasteiger partial charge in [-0.2, -0.15) is 5.26 Å². The van der Waals surface area contributed by atoms with Gasteiger partial charge >= 0.3 is 0 Å². The van der Waals surface area contributed by atoms with E-state index in [-0.39, 0.29) is 17.9 Å². The number of hydrogen-bond donors (Lipinski definition) is 1. The number of carbonyl (C=O) groups is 2. The zero-order valence-electron chi connectivity index (χ0n) is 21.2. The molecular formula is C26H35N5O4S. The van der Waals surface area contributed by atoms with Gasteiger partial charge in [-0.1, -0.05) is 6.07 Å². The molecule has 0 unspecified atom stereocenters. The van der Waals surface area contributed by atoms with Gasteiger partial charge in [0.05, 0.1) is 23.9 Å². The smallest absolute Gasteiger partial charge is 0.245 e. The van der Waals surface area contributed by atoms with Crippen LogP contribution in [0.15, 0.2) is 24.3 Å². The Morgan fingerprint density at radius 2 is 1.89 bits per heavy atom. The van der Waals surface area contributed by atoms with Crippen LogP contribution in [0.4, 0.5) is 0 Å². The van der Waals surface area contributed by atoms with Crippen molar-refractivity contribution in [2.75, 3.05) is 19.3 Å². The number of likely N-dealkylation sites (tertiary alicyclic amines) is 2. The molecule has 2 aliphatic rings. The van der Waals surface area contributed by atoms with Gasteiger partial charge in [-0.3, -0.25) is 9.59 Å². The maximum atomic E-state index is 13.6. The summed E-state index contributed by atoms with van der Waals surface area (Å²) >= 11 is 0. The molecular weight excluding hydrogens is 478 g/mol. The molecule has 0 aliphatic carbocycles. The van der Waals surface area contributed by atoms with Crippen LogP contribution in [0.25, 0.3) is 10.9 Å². The van der Waals surface area contributed by atoms with Crippen LogP contribution >= 0.6 is 0 Å². The number of fused-ring (bicyclic) bond motifs is 1. The highest BCUT2D eigenvalue weighted by atomic mass is 32.2. The van der Waals surface area contributed by atoms with E-state index >= 15 is 0 Å². The van der Waals surface area contributed by atoms with Crippen LogP contribution in [0.3, 0.4) is 0 Å². The largest absolute Gasteiger partial charge is 0.345 e. The lowest BCUT2D eigenvalue weighted by Gasteiger charge is -2.32. The second kappa shape index (κ2) is 10.6. The molecule has 0 radical (unpaired) electrons. The van der Waals surface area contributed by atoms with E-state index < -0.39 is 22.1 Å². The minimum absolute atomic E-state index is 0.0235. The molecule has 9 nitrogen and oxygen atoms in total. The lowest BCUT2D eigenvalue weighted by Crippen LogP contribution is -2.53. The molecule has 1 aromatic carbocycles. The lowest BCUT2D eigenvalue weighted by atomic mass is 10.1. The number of nitriles is 1. The van der Waals surface area contributed by atoms with Crippen molar-refractivity contribution in [3.05, 3.63) is 35.5 Å². The molecule has 0 bridgehead atoms. The lowest BCUT2D eigenvalue weighted by molar-refractivity contribution is -0.145. The summed E-state index contributed by atoms with van der Waals surface area (Å²) in [6, 6.07) is 8.81. The van der Waals surface area contributed by atoms with Crippen molar-refractivity contribution in [3.8, 4) is 6.07 Å². The first-order valence-corrected chi connectivity index (χ1v) is 14.6. The van der Waals surface area contributed by atoms with Gasteiger partial charge in [-0.05, 0) is 76.0 Å². The minimum Gasteiger partial charge on any atom is -0.345 e. The third-order valence-electron chi connectivity index (χ3n) is 7.41. The van der Waals surface area contributed by atoms with Crippen LogP contribution in [0.2, 0.25) is 0 Å². The maximum absolute atomic E-state index is 13.6. The first kappa shape index (κ1) is 26.2. The van der Waals surface area contributed by atoms with Gasteiger partial charge in [-0.25, -0.2) is 13.1 Å². The fourth-order valence-corrected chi connectivity index (χ4v) is 6.54. The average Bonchev–Trinajstić information content (AvgIpc) is 3.58. The number of hydrogen-bond acceptors (Lipinski definition) is 5. The first-order chi connectivity index (χ1) is 17.1. The Balaban J connectivity index is 1.45. The van der Waals surface area contributed by atoms with Crippen LogP contribution in [-0.2, 0) is 32.6 Å². The molecule has 2 fully saturated rings. The average molecular weight is 514 g/mol. The van der Waals surface area contributed by atoms with Gasteiger partial charge in [-0.15, -0.1) is 0 Å². The highest BCUT2D eigenvalue weighted by Gasteiger charge is 2.41. The highest BCUT2D eigenvalue weighted by Crippen LogP contribution is 2.29. The molecule has 194 valence electrons. The minimum atomic E-state index is -3.52. The second-order valence-electron chi connectivity index (χ2n) is 9.93. The van der Waals surface area contributed by atoms with Crippen molar-refractivity contribution in [2.45, 2.75) is 77.0 Å². The third kappa shape index (κ3) is 5.42. The summed E-state index contributed by atoms with van der Waals surface area (Å²) < 4.78 is 27.7. The van der Waals surface area contributed by atoms with Crippen LogP contribution < -0.4 is 4.72 Å². The van der Waals surface area contributed by atoms with Crippen molar-refractivity contribution in [2.24, 2.45) is 0 Å². The molecule has 3 atom stereocenters. The number of nitrogens with one attached hydrogen (secondary N) is 1. The summed E-state index contributed by atoms with van der Waals surface area (Å²) in [5.41, 5.74) is 2.90. The van der Waals surface area contributed by atoms with E-state index in [0.717, 1.165) is 55.8 Å². The van der Waals surface area contributed by atoms with E-state index in [1.165, 1.54) is 12.6 Å². The normalized spacial score (nSPS) is 21.2. The predicted molar refractivity (Wildman–Crippen MR) is 138 cm³/mol. The van der Waals surface area contributed by atoms with Gasteiger partial charge < -0.3 is 14.4 Å². The summed E-state index contributed by atoms with van der Waals surface area (Å²) in [6.07, 6.45) is 5.88. The number of carbonyl (C=O) groups excluding carboxylic acids is 2. The number of sulfonamides is 1. The van der Waals surface area contributed by atoms with E-state index in [1.807, 2.05) is 23.1 Å². The van der Waals surface area contributed by atoms with Gasteiger partial charge in [0.15, 0.2) is 0 Å². The molecule has 0 saturated carbocycles. The maximum Gasteiger partial charge on any atom is 0.245 e. The summed E-state index contributed by atoms with van der Waals surface area (Å²) in [7, 11) is -3.52. The highest BCUT2D eigenvalue weighted by molar-refractivity contribution is 7.88.